The molecule has 0 radical (unpaired) electrons. The van der Waals surface area contributed by atoms with Crippen molar-refractivity contribution >= 4 is 13.9 Å². The second-order valence-corrected chi connectivity index (χ2v) is 19.8. The standard InChI is InChI=1S/C41H56O8Si/c1-5-50(6-2,7-3)32-23-31(20-21-42)46-33-18-19-34-36(47-35(33)24-32)25-38-40(49-34)41(45-27-30-16-12-9-13-17-30)39(37(48-38)22-28(4)43)44-26-29-14-10-8-11-15-29/h8-19,23,31,33-42H,5-7,20-22,24-27H2,1-4H3/t31-,33+,34-,35-,36+,37+,38-,39+,40-,41-/m1/s1. The molecule has 6 rings (SSSR count). The number of Topliss-reactive ketones (excluding diaryl/α,β-unsaturated/α-hetero) is 1. The topological polar surface area (TPSA) is 92.7 Å². The van der Waals surface area contributed by atoms with Gasteiger partial charge in [0.25, 0.3) is 0 Å². The first-order valence-electron chi connectivity index (χ1n) is 18.8. The van der Waals surface area contributed by atoms with Crippen LogP contribution in [0.15, 0.2) is 84.1 Å². The summed E-state index contributed by atoms with van der Waals surface area (Å²) in [6, 6.07) is 23.7. The summed E-state index contributed by atoms with van der Waals surface area (Å²) in [6.07, 6.45) is 5.33. The van der Waals surface area contributed by atoms with E-state index in [1.807, 2.05) is 60.7 Å². The fourth-order valence-corrected chi connectivity index (χ4v) is 12.5. The Morgan fingerprint density at radius 3 is 1.96 bits per heavy atom. The zero-order chi connectivity index (χ0) is 35.1. The van der Waals surface area contributed by atoms with Crippen LogP contribution in [0.3, 0.4) is 0 Å². The molecule has 4 heterocycles. The number of rotatable bonds is 14. The molecule has 0 amide bonds. The number of hydrogen-bond donors (Lipinski definition) is 1. The highest BCUT2D eigenvalue weighted by atomic mass is 28.3. The molecule has 2 aromatic rings. The predicted molar refractivity (Wildman–Crippen MR) is 195 cm³/mol. The fourth-order valence-electron chi connectivity index (χ4n) is 8.45. The van der Waals surface area contributed by atoms with Crippen molar-refractivity contribution in [3.63, 3.8) is 0 Å². The maximum Gasteiger partial charge on any atom is 0.132 e. The van der Waals surface area contributed by atoms with Crippen LogP contribution < -0.4 is 0 Å². The van der Waals surface area contributed by atoms with E-state index in [1.54, 1.807) is 6.92 Å². The van der Waals surface area contributed by atoms with Gasteiger partial charge in [0, 0.05) is 25.9 Å². The minimum atomic E-state index is -1.72. The van der Waals surface area contributed by atoms with Crippen molar-refractivity contribution in [1.29, 1.82) is 0 Å². The highest BCUT2D eigenvalue weighted by Gasteiger charge is 2.54. The summed E-state index contributed by atoms with van der Waals surface area (Å²) in [5, 5.41) is 11.4. The Labute approximate surface area is 299 Å². The van der Waals surface area contributed by atoms with Crippen LogP contribution in [0.1, 0.15) is 64.5 Å². The first kappa shape index (κ1) is 37.3. The molecule has 9 heteroatoms. The fraction of sp³-hybridized carbons (Fsp3) is 0.585. The number of carbonyl (C=O) groups is 1. The Morgan fingerprint density at radius 1 is 0.780 bits per heavy atom. The number of ketones is 1. The van der Waals surface area contributed by atoms with Crippen molar-refractivity contribution in [3.8, 4) is 0 Å². The number of benzene rings is 2. The number of aliphatic hydroxyl groups excluding tert-OH is 1. The van der Waals surface area contributed by atoms with E-state index in [0.29, 0.717) is 26.1 Å². The van der Waals surface area contributed by atoms with E-state index in [2.05, 4.69) is 39.0 Å². The Balaban J connectivity index is 1.27. The highest BCUT2D eigenvalue weighted by Crippen LogP contribution is 2.42. The van der Waals surface area contributed by atoms with Crippen LogP contribution in [0.25, 0.3) is 0 Å². The SMILES string of the molecule is CC[Si](CC)(CC)C1=C[C@@H](CCO)O[C@H]2C=C[C@H]3O[C@H]4[C@H](OCc5ccccc5)[C@@H](OCc5ccccc5)[C@H](CC(C)=O)O[C@@H]4C[C@@H]3O[C@@H]2C1. The van der Waals surface area contributed by atoms with E-state index in [9.17, 15) is 9.90 Å². The van der Waals surface area contributed by atoms with E-state index in [4.69, 9.17) is 28.4 Å². The third kappa shape index (κ3) is 8.59. The molecule has 8 nitrogen and oxygen atoms in total. The van der Waals surface area contributed by atoms with Crippen LogP contribution in [-0.2, 0) is 46.4 Å². The second-order valence-electron chi connectivity index (χ2n) is 14.4. The third-order valence-electron chi connectivity index (χ3n) is 11.4. The van der Waals surface area contributed by atoms with E-state index in [-0.39, 0.29) is 55.4 Å². The number of fused-ring (bicyclic) bond motifs is 3. The maximum atomic E-state index is 12.6. The van der Waals surface area contributed by atoms with Crippen LogP contribution in [0, 0.1) is 0 Å². The van der Waals surface area contributed by atoms with Crippen molar-refractivity contribution in [2.45, 2.75) is 146 Å². The predicted octanol–water partition coefficient (Wildman–Crippen LogP) is 6.90. The molecule has 0 aliphatic carbocycles. The van der Waals surface area contributed by atoms with Gasteiger partial charge in [-0.1, -0.05) is 123 Å². The average molecular weight is 705 g/mol. The normalized spacial score (nSPS) is 32.5. The van der Waals surface area contributed by atoms with Gasteiger partial charge in [0.05, 0.1) is 51.8 Å². The Hall–Kier alpha value is -2.47. The van der Waals surface area contributed by atoms with Crippen LogP contribution >= 0.6 is 0 Å². The molecule has 2 aromatic carbocycles. The van der Waals surface area contributed by atoms with Crippen LogP contribution in [-0.4, -0.2) is 86.6 Å². The molecule has 2 fully saturated rings. The maximum absolute atomic E-state index is 12.6. The summed E-state index contributed by atoms with van der Waals surface area (Å²) in [7, 11) is -1.72. The molecule has 4 aliphatic heterocycles. The van der Waals surface area contributed by atoms with Gasteiger partial charge < -0.3 is 33.5 Å². The number of aliphatic hydroxyl groups is 1. The van der Waals surface area contributed by atoms with Crippen molar-refractivity contribution in [2.24, 2.45) is 0 Å². The summed E-state index contributed by atoms with van der Waals surface area (Å²) < 4.78 is 40.8. The quantitative estimate of drug-likeness (QED) is 0.168. The third-order valence-corrected chi connectivity index (χ3v) is 17.2. The summed E-state index contributed by atoms with van der Waals surface area (Å²) >= 11 is 0. The van der Waals surface area contributed by atoms with Gasteiger partial charge in [-0.2, -0.15) is 0 Å². The molecule has 0 saturated carbocycles. The van der Waals surface area contributed by atoms with Crippen molar-refractivity contribution < 1.29 is 38.3 Å². The lowest BCUT2D eigenvalue weighted by Gasteiger charge is -2.51. The Morgan fingerprint density at radius 2 is 1.38 bits per heavy atom. The average Bonchev–Trinajstić information content (AvgIpc) is 3.40. The van der Waals surface area contributed by atoms with Gasteiger partial charge in [0.15, 0.2) is 0 Å². The van der Waals surface area contributed by atoms with E-state index in [0.717, 1.165) is 17.5 Å². The van der Waals surface area contributed by atoms with Gasteiger partial charge in [0.1, 0.15) is 36.3 Å². The summed E-state index contributed by atoms with van der Waals surface area (Å²) in [6.45, 7) is 9.41. The second kappa shape index (κ2) is 17.4. The van der Waals surface area contributed by atoms with E-state index in [1.165, 1.54) is 23.3 Å². The van der Waals surface area contributed by atoms with Gasteiger partial charge in [-0.25, -0.2) is 0 Å². The lowest BCUT2D eigenvalue weighted by molar-refractivity contribution is -0.299. The van der Waals surface area contributed by atoms with Gasteiger partial charge in [0.2, 0.25) is 0 Å². The molecule has 4 aliphatic rings. The largest absolute Gasteiger partial charge is 0.396 e. The lowest BCUT2D eigenvalue weighted by atomic mass is 9.86. The zero-order valence-corrected chi connectivity index (χ0v) is 31.2. The molecule has 50 heavy (non-hydrogen) atoms. The Kier molecular flexibility index (Phi) is 12.9. The van der Waals surface area contributed by atoms with Gasteiger partial charge in [-0.3, -0.25) is 4.79 Å². The monoisotopic (exact) mass is 704 g/mol. The van der Waals surface area contributed by atoms with Crippen molar-refractivity contribution in [3.05, 3.63) is 95.2 Å². The van der Waals surface area contributed by atoms with Crippen LogP contribution in [0.4, 0.5) is 0 Å². The number of ether oxygens (including phenoxy) is 6. The van der Waals surface area contributed by atoms with E-state index >= 15 is 0 Å². The van der Waals surface area contributed by atoms with Crippen LogP contribution in [0.2, 0.25) is 18.1 Å². The van der Waals surface area contributed by atoms with Crippen molar-refractivity contribution in [2.75, 3.05) is 6.61 Å². The summed E-state index contributed by atoms with van der Waals surface area (Å²) in [5.41, 5.74) is 2.09. The van der Waals surface area contributed by atoms with Gasteiger partial charge in [-0.15, -0.1) is 0 Å². The molecule has 10 atom stereocenters. The van der Waals surface area contributed by atoms with E-state index < -0.39 is 32.5 Å². The summed E-state index contributed by atoms with van der Waals surface area (Å²) in [5.74, 6) is 0.0393. The van der Waals surface area contributed by atoms with Crippen molar-refractivity contribution in [1.82, 2.24) is 0 Å². The first-order chi connectivity index (χ1) is 24.4. The minimum Gasteiger partial charge on any atom is -0.396 e. The van der Waals surface area contributed by atoms with Crippen LogP contribution in [0.5, 0.6) is 0 Å². The molecule has 272 valence electrons. The lowest BCUT2D eigenvalue weighted by Crippen LogP contribution is -2.64. The number of carbonyl (C=O) groups excluding carboxylic acids is 1. The van der Waals surface area contributed by atoms with Gasteiger partial charge in [-0.05, 0) is 24.5 Å². The molecule has 0 bridgehead atoms. The molecule has 0 spiro atoms. The molecule has 2 saturated heterocycles. The first-order valence-corrected chi connectivity index (χ1v) is 21.4. The Bertz CT molecular complexity index is 1420. The smallest absolute Gasteiger partial charge is 0.132 e. The number of hydrogen-bond acceptors (Lipinski definition) is 8. The molecule has 0 aromatic heterocycles. The molecular weight excluding hydrogens is 649 g/mol. The molecule has 1 N–H and O–H groups in total. The molecular formula is C41H56O8Si. The minimum absolute atomic E-state index is 0.0393. The highest BCUT2D eigenvalue weighted by molar-refractivity contribution is 6.86. The zero-order valence-electron chi connectivity index (χ0n) is 30.2. The summed E-state index contributed by atoms with van der Waals surface area (Å²) in [4.78, 5) is 12.6. The molecule has 0 unspecified atom stereocenters. The van der Waals surface area contributed by atoms with Gasteiger partial charge >= 0.3 is 0 Å².